The standard InChI is InChI=1S/C16H13Cl2NO3S/c1-22-16(21)9-3-5-13(18)14(7-9)19-15(20)11-8-10(23-2)4-6-12(11)17/h3-8H,1-2H3,(H,19,20). The lowest BCUT2D eigenvalue weighted by Crippen LogP contribution is -2.13. The number of rotatable bonds is 4. The lowest BCUT2D eigenvalue weighted by atomic mass is 10.1. The average Bonchev–Trinajstić information content (AvgIpc) is 2.56. The summed E-state index contributed by atoms with van der Waals surface area (Å²) in [5, 5.41) is 3.31. The summed E-state index contributed by atoms with van der Waals surface area (Å²) in [5.74, 6) is -0.922. The van der Waals surface area contributed by atoms with E-state index in [1.165, 1.54) is 37.1 Å². The number of anilines is 1. The van der Waals surface area contributed by atoms with E-state index in [2.05, 4.69) is 10.1 Å². The number of hydrogen-bond donors (Lipinski definition) is 1. The second-order valence-corrected chi connectivity index (χ2v) is 6.18. The first-order valence-corrected chi connectivity index (χ1v) is 8.47. The quantitative estimate of drug-likeness (QED) is 0.623. The minimum Gasteiger partial charge on any atom is -0.465 e. The van der Waals surface area contributed by atoms with Crippen molar-refractivity contribution in [2.45, 2.75) is 4.90 Å². The third-order valence-electron chi connectivity index (χ3n) is 3.05. The van der Waals surface area contributed by atoms with Gasteiger partial charge in [-0.3, -0.25) is 4.79 Å². The van der Waals surface area contributed by atoms with E-state index < -0.39 is 11.9 Å². The summed E-state index contributed by atoms with van der Waals surface area (Å²) < 4.78 is 4.65. The summed E-state index contributed by atoms with van der Waals surface area (Å²) in [6.45, 7) is 0. The summed E-state index contributed by atoms with van der Waals surface area (Å²) in [5.41, 5.74) is 0.930. The molecule has 1 amide bonds. The molecule has 1 N–H and O–H groups in total. The van der Waals surface area contributed by atoms with Gasteiger partial charge < -0.3 is 10.1 Å². The van der Waals surface area contributed by atoms with Crippen molar-refractivity contribution in [3.05, 3.63) is 57.6 Å². The second-order valence-electron chi connectivity index (χ2n) is 4.49. The minimum atomic E-state index is -0.514. The van der Waals surface area contributed by atoms with Crippen molar-refractivity contribution in [3.63, 3.8) is 0 Å². The third kappa shape index (κ3) is 4.19. The predicted octanol–water partition coefficient (Wildman–Crippen LogP) is 4.75. The molecule has 0 saturated carbocycles. The summed E-state index contributed by atoms with van der Waals surface area (Å²) >= 11 is 13.7. The molecule has 0 aliphatic rings. The monoisotopic (exact) mass is 369 g/mol. The van der Waals surface area contributed by atoms with Crippen molar-refractivity contribution in [3.8, 4) is 0 Å². The molecule has 0 saturated heterocycles. The van der Waals surface area contributed by atoms with E-state index in [0.717, 1.165) is 4.90 Å². The highest BCUT2D eigenvalue weighted by atomic mass is 35.5. The molecule has 0 aliphatic heterocycles. The van der Waals surface area contributed by atoms with Crippen LogP contribution in [0.4, 0.5) is 5.69 Å². The summed E-state index contributed by atoms with van der Waals surface area (Å²) in [6.07, 6.45) is 1.90. The molecule has 0 spiro atoms. The van der Waals surface area contributed by atoms with Gasteiger partial charge in [0.25, 0.3) is 5.91 Å². The molecule has 2 rings (SSSR count). The van der Waals surface area contributed by atoms with Crippen molar-refractivity contribution in [2.75, 3.05) is 18.7 Å². The molecule has 0 radical (unpaired) electrons. The largest absolute Gasteiger partial charge is 0.465 e. The van der Waals surface area contributed by atoms with Gasteiger partial charge in [0.1, 0.15) is 0 Å². The van der Waals surface area contributed by atoms with Crippen LogP contribution in [0.5, 0.6) is 0 Å². The molecule has 23 heavy (non-hydrogen) atoms. The molecule has 0 aliphatic carbocycles. The van der Waals surface area contributed by atoms with Gasteiger partial charge >= 0.3 is 5.97 Å². The average molecular weight is 370 g/mol. The predicted molar refractivity (Wildman–Crippen MR) is 94.0 cm³/mol. The van der Waals surface area contributed by atoms with Crippen LogP contribution in [-0.2, 0) is 4.74 Å². The Kier molecular flexibility index (Phi) is 5.93. The number of thioether (sulfide) groups is 1. The number of ether oxygens (including phenoxy) is 1. The molecule has 2 aromatic carbocycles. The summed E-state index contributed by atoms with van der Waals surface area (Å²) in [4.78, 5) is 24.9. The number of halogens is 2. The highest BCUT2D eigenvalue weighted by molar-refractivity contribution is 7.98. The molecule has 7 heteroatoms. The zero-order chi connectivity index (χ0) is 17.0. The van der Waals surface area contributed by atoms with E-state index in [4.69, 9.17) is 23.2 Å². The Morgan fingerprint density at radius 2 is 1.78 bits per heavy atom. The molecule has 0 heterocycles. The SMILES string of the molecule is COC(=O)c1ccc(Cl)c(NC(=O)c2cc(SC)ccc2Cl)c1. The number of amides is 1. The number of hydrogen-bond acceptors (Lipinski definition) is 4. The van der Waals surface area contributed by atoms with Crippen LogP contribution in [0.25, 0.3) is 0 Å². The van der Waals surface area contributed by atoms with E-state index in [-0.39, 0.29) is 5.56 Å². The van der Waals surface area contributed by atoms with E-state index in [0.29, 0.717) is 21.3 Å². The Hall–Kier alpha value is -1.69. The van der Waals surface area contributed by atoms with Gasteiger partial charge in [0.05, 0.1) is 34.0 Å². The fourth-order valence-corrected chi connectivity index (χ4v) is 2.67. The van der Waals surface area contributed by atoms with Crippen molar-refractivity contribution >= 4 is 52.5 Å². The number of nitrogens with one attached hydrogen (secondary N) is 1. The highest BCUT2D eigenvalue weighted by Crippen LogP contribution is 2.27. The maximum Gasteiger partial charge on any atom is 0.337 e. The normalized spacial score (nSPS) is 10.3. The van der Waals surface area contributed by atoms with Crippen LogP contribution < -0.4 is 5.32 Å². The fraction of sp³-hybridized carbons (Fsp3) is 0.125. The molecule has 0 unspecified atom stereocenters. The first-order chi connectivity index (χ1) is 11.0. The highest BCUT2D eigenvalue weighted by Gasteiger charge is 2.15. The summed E-state index contributed by atoms with van der Waals surface area (Å²) in [6, 6.07) is 9.68. The van der Waals surface area contributed by atoms with E-state index in [1.54, 1.807) is 12.1 Å². The van der Waals surface area contributed by atoms with Crippen LogP contribution in [0, 0.1) is 0 Å². The molecule has 120 valence electrons. The zero-order valence-electron chi connectivity index (χ0n) is 12.4. The smallest absolute Gasteiger partial charge is 0.337 e. The van der Waals surface area contributed by atoms with Gasteiger partial charge in [-0.2, -0.15) is 0 Å². The van der Waals surface area contributed by atoms with Crippen LogP contribution in [0.3, 0.4) is 0 Å². The Morgan fingerprint density at radius 3 is 2.43 bits per heavy atom. The van der Waals surface area contributed by atoms with Crippen LogP contribution in [0.1, 0.15) is 20.7 Å². The lowest BCUT2D eigenvalue weighted by Gasteiger charge is -2.10. The van der Waals surface area contributed by atoms with Gasteiger partial charge in [-0.15, -0.1) is 11.8 Å². The molecule has 0 fully saturated rings. The van der Waals surface area contributed by atoms with E-state index in [9.17, 15) is 9.59 Å². The Bertz CT molecular complexity index is 765. The van der Waals surface area contributed by atoms with Crippen molar-refractivity contribution in [1.82, 2.24) is 0 Å². The molecular formula is C16H13Cl2NO3S. The fourth-order valence-electron chi connectivity index (χ4n) is 1.86. The third-order valence-corrected chi connectivity index (χ3v) is 4.44. The summed E-state index contributed by atoms with van der Waals surface area (Å²) in [7, 11) is 1.28. The van der Waals surface area contributed by atoms with E-state index in [1.807, 2.05) is 12.3 Å². The number of carbonyl (C=O) groups excluding carboxylic acids is 2. The minimum absolute atomic E-state index is 0.288. The maximum absolute atomic E-state index is 12.4. The van der Waals surface area contributed by atoms with Crippen LogP contribution in [0.15, 0.2) is 41.3 Å². The lowest BCUT2D eigenvalue weighted by molar-refractivity contribution is 0.0600. The van der Waals surface area contributed by atoms with Crippen molar-refractivity contribution in [1.29, 1.82) is 0 Å². The van der Waals surface area contributed by atoms with Crippen LogP contribution in [-0.4, -0.2) is 25.2 Å². The number of methoxy groups -OCH3 is 1. The second kappa shape index (κ2) is 7.73. The zero-order valence-corrected chi connectivity index (χ0v) is 14.7. The Balaban J connectivity index is 2.32. The Morgan fingerprint density at radius 1 is 1.09 bits per heavy atom. The van der Waals surface area contributed by atoms with Crippen LogP contribution >= 0.6 is 35.0 Å². The van der Waals surface area contributed by atoms with Crippen LogP contribution in [0.2, 0.25) is 10.0 Å². The topological polar surface area (TPSA) is 55.4 Å². The van der Waals surface area contributed by atoms with Crippen molar-refractivity contribution in [2.24, 2.45) is 0 Å². The van der Waals surface area contributed by atoms with Gasteiger partial charge in [0.2, 0.25) is 0 Å². The van der Waals surface area contributed by atoms with Gasteiger partial charge in [-0.25, -0.2) is 4.79 Å². The van der Waals surface area contributed by atoms with Gasteiger partial charge in [0, 0.05) is 4.90 Å². The maximum atomic E-state index is 12.4. The van der Waals surface area contributed by atoms with Gasteiger partial charge in [0.15, 0.2) is 0 Å². The molecule has 0 aromatic heterocycles. The first-order valence-electron chi connectivity index (χ1n) is 6.49. The first kappa shape index (κ1) is 17.7. The van der Waals surface area contributed by atoms with E-state index >= 15 is 0 Å². The van der Waals surface area contributed by atoms with Gasteiger partial charge in [-0.05, 0) is 42.7 Å². The molecule has 2 aromatic rings. The molecular weight excluding hydrogens is 357 g/mol. The number of esters is 1. The van der Waals surface area contributed by atoms with Crippen molar-refractivity contribution < 1.29 is 14.3 Å². The van der Waals surface area contributed by atoms with Gasteiger partial charge in [-0.1, -0.05) is 23.2 Å². The number of carbonyl (C=O) groups is 2. The number of benzene rings is 2. The Labute approximate surface area is 148 Å². The molecule has 0 bridgehead atoms. The molecule has 0 atom stereocenters. The molecule has 4 nitrogen and oxygen atoms in total.